The van der Waals surface area contributed by atoms with Crippen LogP contribution in [0, 0.1) is 12.8 Å². The highest BCUT2D eigenvalue weighted by molar-refractivity contribution is 5.68. The lowest BCUT2D eigenvalue weighted by atomic mass is 9.76. The van der Waals surface area contributed by atoms with Gasteiger partial charge in [-0.3, -0.25) is 0 Å². The number of nitrogens with zero attached hydrogens (tertiary/aromatic N) is 1. The Labute approximate surface area is 109 Å². The van der Waals surface area contributed by atoms with Crippen LogP contribution in [0.4, 0.5) is 5.69 Å². The number of hydrogen-bond acceptors (Lipinski definition) is 3. The van der Waals surface area contributed by atoms with Gasteiger partial charge in [0.25, 0.3) is 0 Å². The van der Waals surface area contributed by atoms with Gasteiger partial charge in [0.1, 0.15) is 5.75 Å². The van der Waals surface area contributed by atoms with Gasteiger partial charge in [0.15, 0.2) is 0 Å². The monoisotopic (exact) mass is 246 g/mol. The van der Waals surface area contributed by atoms with Crippen LogP contribution in [-0.4, -0.2) is 33.8 Å². The quantitative estimate of drug-likeness (QED) is 0.821. The van der Waals surface area contributed by atoms with Gasteiger partial charge in [0.05, 0.1) is 12.8 Å². The van der Waals surface area contributed by atoms with Crippen molar-refractivity contribution in [2.75, 3.05) is 38.7 Å². The van der Waals surface area contributed by atoms with Crippen molar-refractivity contribution in [3.63, 3.8) is 0 Å². The Kier molecular flexibility index (Phi) is 2.94. The number of fused-ring (bicyclic) bond motifs is 3. The van der Waals surface area contributed by atoms with Crippen LogP contribution in [0.3, 0.4) is 0 Å². The first kappa shape index (κ1) is 11.8. The summed E-state index contributed by atoms with van der Waals surface area (Å²) in [4.78, 5) is 2.38. The molecule has 1 aromatic carbocycles. The first-order valence-corrected chi connectivity index (χ1v) is 6.81. The number of nitrogens with one attached hydrogen (secondary N) is 1. The molecule has 0 aromatic heterocycles. The molecule has 18 heavy (non-hydrogen) atoms. The summed E-state index contributed by atoms with van der Waals surface area (Å²) in [5, 5.41) is 3.55. The summed E-state index contributed by atoms with van der Waals surface area (Å²) >= 11 is 0. The van der Waals surface area contributed by atoms with Crippen molar-refractivity contribution in [1.29, 1.82) is 0 Å². The van der Waals surface area contributed by atoms with E-state index in [1.807, 2.05) is 0 Å². The van der Waals surface area contributed by atoms with E-state index in [1.165, 1.54) is 23.2 Å². The summed E-state index contributed by atoms with van der Waals surface area (Å²) in [6, 6.07) is 4.30. The minimum atomic E-state index is 0.653. The molecule has 0 spiro atoms. The van der Waals surface area contributed by atoms with E-state index in [1.54, 1.807) is 7.11 Å². The van der Waals surface area contributed by atoms with E-state index in [-0.39, 0.29) is 0 Å². The zero-order valence-electron chi connectivity index (χ0n) is 11.5. The molecule has 0 radical (unpaired) electrons. The molecule has 0 saturated carbocycles. The van der Waals surface area contributed by atoms with Gasteiger partial charge in [-0.05, 0) is 43.0 Å². The fraction of sp³-hybridized carbons (Fsp3) is 0.600. The van der Waals surface area contributed by atoms with E-state index in [9.17, 15) is 0 Å². The molecule has 0 aliphatic carbocycles. The molecular formula is C15H22N2O. The lowest BCUT2D eigenvalue weighted by Gasteiger charge is -2.43. The van der Waals surface area contributed by atoms with E-state index >= 15 is 0 Å². The molecule has 0 bridgehead atoms. The van der Waals surface area contributed by atoms with E-state index in [4.69, 9.17) is 4.74 Å². The second-order valence-electron chi connectivity index (χ2n) is 5.59. The largest absolute Gasteiger partial charge is 0.495 e. The zero-order chi connectivity index (χ0) is 12.7. The topological polar surface area (TPSA) is 24.5 Å². The SMILES string of the molecule is COc1ccc(C)c2c1N(C)CC1CCNCC21. The molecule has 0 amide bonds. The first-order valence-electron chi connectivity index (χ1n) is 6.81. The van der Waals surface area contributed by atoms with Crippen molar-refractivity contribution in [2.45, 2.75) is 19.3 Å². The highest BCUT2D eigenvalue weighted by atomic mass is 16.5. The number of hydrogen-bond donors (Lipinski definition) is 1. The third kappa shape index (κ3) is 1.69. The van der Waals surface area contributed by atoms with Crippen molar-refractivity contribution < 1.29 is 4.74 Å². The fourth-order valence-electron chi connectivity index (χ4n) is 3.63. The molecule has 2 heterocycles. The van der Waals surface area contributed by atoms with Gasteiger partial charge in [-0.1, -0.05) is 6.07 Å². The average molecular weight is 246 g/mol. The molecule has 3 nitrogen and oxygen atoms in total. The summed E-state index contributed by atoms with van der Waals surface area (Å²) in [6.45, 7) is 5.65. The summed E-state index contributed by atoms with van der Waals surface area (Å²) in [6.07, 6.45) is 1.28. The van der Waals surface area contributed by atoms with Gasteiger partial charge >= 0.3 is 0 Å². The normalized spacial score (nSPS) is 26.5. The van der Waals surface area contributed by atoms with Gasteiger partial charge < -0.3 is 15.0 Å². The molecule has 1 fully saturated rings. The highest BCUT2D eigenvalue weighted by Gasteiger charge is 2.36. The van der Waals surface area contributed by atoms with Crippen molar-refractivity contribution in [3.05, 3.63) is 23.3 Å². The van der Waals surface area contributed by atoms with Gasteiger partial charge in [0, 0.05) is 26.1 Å². The van der Waals surface area contributed by atoms with E-state index < -0.39 is 0 Å². The Morgan fingerprint density at radius 1 is 1.39 bits per heavy atom. The zero-order valence-corrected chi connectivity index (χ0v) is 11.5. The van der Waals surface area contributed by atoms with E-state index in [0.717, 1.165) is 31.3 Å². The maximum Gasteiger partial charge on any atom is 0.142 e. The Balaban J connectivity index is 2.14. The molecule has 1 saturated heterocycles. The third-order valence-electron chi connectivity index (χ3n) is 4.50. The molecule has 2 aliphatic rings. The minimum Gasteiger partial charge on any atom is -0.495 e. The second-order valence-corrected chi connectivity index (χ2v) is 5.59. The van der Waals surface area contributed by atoms with Crippen LogP contribution in [-0.2, 0) is 0 Å². The van der Waals surface area contributed by atoms with Gasteiger partial charge in [-0.2, -0.15) is 0 Å². The predicted molar refractivity (Wildman–Crippen MR) is 74.7 cm³/mol. The Bertz CT molecular complexity index is 458. The third-order valence-corrected chi connectivity index (χ3v) is 4.50. The number of piperidine rings is 1. The van der Waals surface area contributed by atoms with Gasteiger partial charge in [0.2, 0.25) is 0 Å². The standard InChI is InChI=1S/C15H22N2O/c1-10-4-5-13(18-3)15-14(10)12-8-16-7-6-11(12)9-17(15)2/h4-5,11-12,16H,6-9H2,1-3H3. The van der Waals surface area contributed by atoms with Crippen molar-refractivity contribution >= 4 is 5.69 Å². The molecule has 3 heteroatoms. The van der Waals surface area contributed by atoms with Crippen LogP contribution in [0.5, 0.6) is 5.75 Å². The fourth-order valence-corrected chi connectivity index (χ4v) is 3.63. The molecule has 3 rings (SSSR count). The van der Waals surface area contributed by atoms with Crippen LogP contribution in [0.25, 0.3) is 0 Å². The predicted octanol–water partition coefficient (Wildman–Crippen LogP) is 2.15. The molecular weight excluding hydrogens is 224 g/mol. The molecule has 1 aromatic rings. The van der Waals surface area contributed by atoms with Crippen molar-refractivity contribution in [2.24, 2.45) is 5.92 Å². The summed E-state index contributed by atoms with van der Waals surface area (Å²) in [5.41, 5.74) is 4.21. The van der Waals surface area contributed by atoms with Crippen molar-refractivity contribution in [1.82, 2.24) is 5.32 Å². The van der Waals surface area contributed by atoms with Crippen LogP contribution in [0.15, 0.2) is 12.1 Å². The maximum absolute atomic E-state index is 5.56. The number of aryl methyl sites for hydroxylation is 1. The number of ether oxygens (including phenoxy) is 1. The number of rotatable bonds is 1. The maximum atomic E-state index is 5.56. The van der Waals surface area contributed by atoms with Crippen LogP contribution < -0.4 is 15.0 Å². The van der Waals surface area contributed by atoms with Crippen LogP contribution >= 0.6 is 0 Å². The van der Waals surface area contributed by atoms with E-state index in [0.29, 0.717) is 5.92 Å². The summed E-state index contributed by atoms with van der Waals surface area (Å²) in [7, 11) is 3.96. The average Bonchev–Trinajstić information content (AvgIpc) is 2.39. The summed E-state index contributed by atoms with van der Waals surface area (Å²) in [5.74, 6) is 2.46. The summed E-state index contributed by atoms with van der Waals surface area (Å²) < 4.78 is 5.56. The van der Waals surface area contributed by atoms with E-state index in [2.05, 4.69) is 36.3 Å². The lowest BCUT2D eigenvalue weighted by molar-refractivity contribution is 0.312. The smallest absolute Gasteiger partial charge is 0.142 e. The number of anilines is 1. The van der Waals surface area contributed by atoms with Crippen LogP contribution in [0.2, 0.25) is 0 Å². The minimum absolute atomic E-state index is 0.653. The molecule has 2 atom stereocenters. The molecule has 2 unspecified atom stereocenters. The van der Waals surface area contributed by atoms with Crippen LogP contribution in [0.1, 0.15) is 23.5 Å². The molecule has 98 valence electrons. The Hall–Kier alpha value is -1.22. The Morgan fingerprint density at radius 3 is 3.00 bits per heavy atom. The van der Waals surface area contributed by atoms with Gasteiger partial charge in [-0.25, -0.2) is 0 Å². The number of benzene rings is 1. The highest BCUT2D eigenvalue weighted by Crippen LogP contribution is 2.46. The second kappa shape index (κ2) is 4.47. The molecule has 2 aliphatic heterocycles. The van der Waals surface area contributed by atoms with Crippen molar-refractivity contribution in [3.8, 4) is 5.75 Å². The Morgan fingerprint density at radius 2 is 2.22 bits per heavy atom. The lowest BCUT2D eigenvalue weighted by Crippen LogP contribution is -2.44. The first-order chi connectivity index (χ1) is 8.72. The van der Waals surface area contributed by atoms with Gasteiger partial charge in [-0.15, -0.1) is 0 Å². The number of methoxy groups -OCH3 is 1. The molecule has 1 N–H and O–H groups in total.